The van der Waals surface area contributed by atoms with Gasteiger partial charge in [0.1, 0.15) is 18.1 Å². The number of benzene rings is 2. The molecule has 0 unspecified atom stereocenters. The number of ether oxygens (including phenoxy) is 2. The van der Waals surface area contributed by atoms with Crippen LogP contribution in [0.25, 0.3) is 0 Å². The average molecular weight is 476 g/mol. The normalized spacial score (nSPS) is 10.6. The first-order chi connectivity index (χ1) is 11.7. The van der Waals surface area contributed by atoms with E-state index < -0.39 is 0 Å². The van der Waals surface area contributed by atoms with Gasteiger partial charge in [-0.25, -0.2) is 0 Å². The van der Waals surface area contributed by atoms with Crippen LogP contribution in [0.15, 0.2) is 53.5 Å². The fourth-order valence-electron chi connectivity index (χ4n) is 2.14. The van der Waals surface area contributed by atoms with Crippen LogP contribution in [0, 0.1) is 0 Å². The molecular formula is C18H23ClIN3O2. The van der Waals surface area contributed by atoms with Crippen molar-refractivity contribution in [2.75, 3.05) is 27.3 Å². The molecule has 0 saturated carbocycles. The van der Waals surface area contributed by atoms with Crippen molar-refractivity contribution in [3.05, 3.63) is 59.1 Å². The van der Waals surface area contributed by atoms with Gasteiger partial charge in [0.05, 0.1) is 13.7 Å². The molecular weight excluding hydrogens is 453 g/mol. The van der Waals surface area contributed by atoms with Crippen molar-refractivity contribution in [1.82, 2.24) is 10.6 Å². The number of hydrogen-bond donors (Lipinski definition) is 2. The molecule has 2 aromatic carbocycles. The van der Waals surface area contributed by atoms with Crippen LogP contribution in [0.4, 0.5) is 0 Å². The number of rotatable bonds is 7. The summed E-state index contributed by atoms with van der Waals surface area (Å²) >= 11 is 5.92. The lowest BCUT2D eigenvalue weighted by molar-refractivity contribution is 0.322. The first kappa shape index (κ1) is 21.4. The van der Waals surface area contributed by atoms with Gasteiger partial charge in [0.25, 0.3) is 0 Å². The lowest BCUT2D eigenvalue weighted by Crippen LogP contribution is -2.38. The van der Waals surface area contributed by atoms with E-state index >= 15 is 0 Å². The van der Waals surface area contributed by atoms with E-state index in [9.17, 15) is 0 Å². The van der Waals surface area contributed by atoms with Gasteiger partial charge < -0.3 is 20.1 Å². The summed E-state index contributed by atoms with van der Waals surface area (Å²) in [6, 6.07) is 15.2. The van der Waals surface area contributed by atoms with Gasteiger partial charge in [-0.1, -0.05) is 35.9 Å². The van der Waals surface area contributed by atoms with Gasteiger partial charge in [0.15, 0.2) is 5.96 Å². The maximum atomic E-state index is 5.92. The number of guanidine groups is 1. The highest BCUT2D eigenvalue weighted by molar-refractivity contribution is 14.0. The van der Waals surface area contributed by atoms with Gasteiger partial charge in [0.2, 0.25) is 0 Å². The summed E-state index contributed by atoms with van der Waals surface area (Å²) in [7, 11) is 3.40. The van der Waals surface area contributed by atoms with Crippen molar-refractivity contribution in [3.63, 3.8) is 0 Å². The predicted octanol–water partition coefficient (Wildman–Crippen LogP) is 3.71. The van der Waals surface area contributed by atoms with E-state index in [1.807, 2.05) is 42.5 Å². The number of methoxy groups -OCH3 is 1. The minimum atomic E-state index is 0. The molecule has 0 radical (unpaired) electrons. The third-order valence-electron chi connectivity index (χ3n) is 3.32. The van der Waals surface area contributed by atoms with Crippen LogP contribution < -0.4 is 20.1 Å². The maximum absolute atomic E-state index is 5.92. The number of hydrogen-bond acceptors (Lipinski definition) is 3. The standard InChI is InChI=1S/C18H22ClN3O2.HI/c1-20-18(22-13-14-6-3-4-9-17(14)23-2)21-10-11-24-16-8-5-7-15(19)12-16;/h3-9,12H,10-11,13H2,1-2H3,(H2,20,21,22);1H. The summed E-state index contributed by atoms with van der Waals surface area (Å²) in [6.45, 7) is 1.76. The molecule has 2 rings (SSSR count). The lowest BCUT2D eigenvalue weighted by Gasteiger charge is -2.14. The molecule has 2 N–H and O–H groups in total. The van der Waals surface area contributed by atoms with Crippen molar-refractivity contribution in [3.8, 4) is 11.5 Å². The Balaban J connectivity index is 0.00000312. The molecule has 0 atom stereocenters. The highest BCUT2D eigenvalue weighted by Crippen LogP contribution is 2.17. The Morgan fingerprint density at radius 2 is 1.92 bits per heavy atom. The Kier molecular flexibility index (Phi) is 10.1. The second-order valence-corrected chi connectivity index (χ2v) is 5.41. The molecule has 0 heterocycles. The fourth-order valence-corrected chi connectivity index (χ4v) is 2.32. The molecule has 5 nitrogen and oxygen atoms in total. The molecule has 0 amide bonds. The third-order valence-corrected chi connectivity index (χ3v) is 3.56. The smallest absolute Gasteiger partial charge is 0.191 e. The van der Waals surface area contributed by atoms with Crippen LogP contribution in [-0.4, -0.2) is 33.3 Å². The van der Waals surface area contributed by atoms with Crippen molar-refractivity contribution in [2.24, 2.45) is 4.99 Å². The summed E-state index contributed by atoms with van der Waals surface area (Å²) in [6.07, 6.45) is 0. The zero-order valence-electron chi connectivity index (χ0n) is 14.3. The van der Waals surface area contributed by atoms with Crippen LogP contribution in [0.2, 0.25) is 5.02 Å². The highest BCUT2D eigenvalue weighted by Gasteiger charge is 2.03. The number of halogens is 2. The quantitative estimate of drug-likeness (QED) is 0.277. The van der Waals surface area contributed by atoms with Crippen molar-refractivity contribution < 1.29 is 9.47 Å². The molecule has 0 fully saturated rings. The van der Waals surface area contributed by atoms with E-state index in [1.165, 1.54) is 0 Å². The van der Waals surface area contributed by atoms with Crippen LogP contribution in [0.1, 0.15) is 5.56 Å². The van der Waals surface area contributed by atoms with Gasteiger partial charge in [-0.3, -0.25) is 4.99 Å². The van der Waals surface area contributed by atoms with E-state index in [-0.39, 0.29) is 24.0 Å². The highest BCUT2D eigenvalue weighted by atomic mass is 127. The maximum Gasteiger partial charge on any atom is 0.191 e. The molecule has 0 saturated heterocycles. The SMILES string of the molecule is CN=C(NCCOc1cccc(Cl)c1)NCc1ccccc1OC.I. The van der Waals surface area contributed by atoms with E-state index in [1.54, 1.807) is 20.2 Å². The van der Waals surface area contributed by atoms with Crippen molar-refractivity contribution in [2.45, 2.75) is 6.54 Å². The number of aliphatic imine (C=N–C) groups is 1. The molecule has 0 bridgehead atoms. The van der Waals surface area contributed by atoms with E-state index in [0.717, 1.165) is 17.1 Å². The molecule has 0 aliphatic heterocycles. The molecule has 0 aliphatic carbocycles. The van der Waals surface area contributed by atoms with Gasteiger partial charge in [0, 0.05) is 24.2 Å². The molecule has 0 aliphatic rings. The Labute approximate surface area is 170 Å². The van der Waals surface area contributed by atoms with Crippen LogP contribution in [-0.2, 0) is 6.54 Å². The van der Waals surface area contributed by atoms with Crippen LogP contribution in [0.5, 0.6) is 11.5 Å². The fraction of sp³-hybridized carbons (Fsp3) is 0.278. The van der Waals surface area contributed by atoms with Gasteiger partial charge >= 0.3 is 0 Å². The summed E-state index contributed by atoms with van der Waals surface area (Å²) in [5.41, 5.74) is 1.07. The van der Waals surface area contributed by atoms with Gasteiger partial charge in [-0.2, -0.15) is 0 Å². The number of nitrogens with zero attached hydrogens (tertiary/aromatic N) is 1. The van der Waals surface area contributed by atoms with Crippen molar-refractivity contribution in [1.29, 1.82) is 0 Å². The van der Waals surface area contributed by atoms with E-state index in [2.05, 4.69) is 15.6 Å². The zero-order chi connectivity index (χ0) is 17.2. The molecule has 7 heteroatoms. The molecule has 0 spiro atoms. The Morgan fingerprint density at radius 3 is 2.64 bits per heavy atom. The average Bonchev–Trinajstić information content (AvgIpc) is 2.61. The Hall–Kier alpha value is -1.67. The first-order valence-electron chi connectivity index (χ1n) is 7.67. The predicted molar refractivity (Wildman–Crippen MR) is 114 cm³/mol. The second kappa shape index (κ2) is 11.8. The Bertz CT molecular complexity index is 683. The lowest BCUT2D eigenvalue weighted by atomic mass is 10.2. The summed E-state index contributed by atoms with van der Waals surface area (Å²) in [5, 5.41) is 7.11. The number of para-hydroxylation sites is 1. The monoisotopic (exact) mass is 475 g/mol. The molecule has 136 valence electrons. The van der Waals surface area contributed by atoms with E-state index in [0.29, 0.717) is 30.7 Å². The second-order valence-electron chi connectivity index (χ2n) is 4.97. The van der Waals surface area contributed by atoms with E-state index in [4.69, 9.17) is 21.1 Å². The van der Waals surface area contributed by atoms with Crippen molar-refractivity contribution >= 4 is 41.5 Å². The zero-order valence-corrected chi connectivity index (χ0v) is 17.4. The summed E-state index contributed by atoms with van der Waals surface area (Å²) in [5.74, 6) is 2.31. The van der Waals surface area contributed by atoms with Crippen LogP contribution >= 0.6 is 35.6 Å². The third kappa shape index (κ3) is 7.39. The summed E-state index contributed by atoms with van der Waals surface area (Å²) in [4.78, 5) is 4.19. The first-order valence-corrected chi connectivity index (χ1v) is 8.05. The summed E-state index contributed by atoms with van der Waals surface area (Å²) < 4.78 is 11.0. The molecule has 25 heavy (non-hydrogen) atoms. The van der Waals surface area contributed by atoms with Gasteiger partial charge in [-0.05, 0) is 24.3 Å². The van der Waals surface area contributed by atoms with Crippen LogP contribution in [0.3, 0.4) is 0 Å². The number of nitrogens with one attached hydrogen (secondary N) is 2. The van der Waals surface area contributed by atoms with Gasteiger partial charge in [-0.15, -0.1) is 24.0 Å². The Morgan fingerprint density at radius 1 is 1.12 bits per heavy atom. The molecule has 2 aromatic rings. The molecule has 0 aromatic heterocycles. The minimum Gasteiger partial charge on any atom is -0.496 e. The topological polar surface area (TPSA) is 54.9 Å². The largest absolute Gasteiger partial charge is 0.496 e. The minimum absolute atomic E-state index is 0.